The lowest BCUT2D eigenvalue weighted by Crippen LogP contribution is -2.53. The molecule has 1 radical (unpaired) electrons. The van der Waals surface area contributed by atoms with Crippen LogP contribution in [0.4, 0.5) is 0 Å². The smallest absolute Gasteiger partial charge is 0.197 e. The average molecular weight is 545 g/mol. The van der Waals surface area contributed by atoms with Gasteiger partial charge in [0.05, 0.1) is 31.0 Å². The normalized spacial score (nSPS) is 30.3. The van der Waals surface area contributed by atoms with Gasteiger partial charge >= 0.3 is 0 Å². The van der Waals surface area contributed by atoms with Crippen LogP contribution in [-0.4, -0.2) is 86.1 Å². The van der Waals surface area contributed by atoms with Gasteiger partial charge in [0.15, 0.2) is 24.0 Å². The minimum atomic E-state index is -2.23. The molecule has 8 N–H and O–H groups in total. The third-order valence-corrected chi connectivity index (χ3v) is 7.82. The van der Waals surface area contributed by atoms with Gasteiger partial charge in [-0.05, 0) is 13.0 Å². The van der Waals surface area contributed by atoms with E-state index in [9.17, 15) is 40.2 Å². The Hall–Kier alpha value is -3.10. The van der Waals surface area contributed by atoms with Crippen LogP contribution in [0.15, 0.2) is 18.2 Å². The summed E-state index contributed by atoms with van der Waals surface area (Å²) in [6, 6.07) is 3.75. The third kappa shape index (κ3) is 4.19. The molecule has 2 aromatic rings. The number of ether oxygens (including phenoxy) is 3. The van der Waals surface area contributed by atoms with Crippen LogP contribution in [0.2, 0.25) is 0 Å². The molecule has 1 saturated heterocycles. The van der Waals surface area contributed by atoms with Gasteiger partial charge in [-0.25, -0.2) is 0 Å². The quantitative estimate of drug-likeness (QED) is 0.250. The zero-order valence-electron chi connectivity index (χ0n) is 21.2. The van der Waals surface area contributed by atoms with Crippen LogP contribution >= 0.6 is 0 Å². The molecule has 1 heterocycles. The van der Waals surface area contributed by atoms with Crippen molar-refractivity contribution in [2.45, 2.75) is 62.4 Å². The van der Waals surface area contributed by atoms with E-state index in [1.165, 1.54) is 25.3 Å². The summed E-state index contributed by atoms with van der Waals surface area (Å²) in [5, 5.41) is 65.0. The van der Waals surface area contributed by atoms with E-state index < -0.39 is 90.4 Å². The number of phenols is 2. The summed E-state index contributed by atoms with van der Waals surface area (Å²) in [6.07, 6.45) is -5.53. The van der Waals surface area contributed by atoms with Gasteiger partial charge in [-0.2, -0.15) is 0 Å². The second-order valence-electron chi connectivity index (χ2n) is 10.2. The fraction of sp³-hybridized carbons (Fsp3) is 0.444. The highest BCUT2D eigenvalue weighted by atomic mass is 16.7. The van der Waals surface area contributed by atoms with Gasteiger partial charge < -0.3 is 50.6 Å². The molecule has 12 heteroatoms. The summed E-state index contributed by atoms with van der Waals surface area (Å²) < 4.78 is 17.1. The first-order chi connectivity index (χ1) is 18.4. The number of carbonyl (C=O) groups excluding carboxylic acids is 2. The van der Waals surface area contributed by atoms with Crippen molar-refractivity contribution < 1.29 is 54.4 Å². The standard InChI is InChI=1S/C27H30NO11/c1-10-22(31)13(28)6-17(38-10)39-15-8-27(36,16(30)9-29)7-12-19(15)26(35)21-20(24(12)33)23(32)11-4-3-5-14(37-2)18(11)25(21)34/h3-5,10,13,15,17,22,29,31,33-36H,6-9,28H2,1-2H3/t10-,13-,15-,17-,22+,27-/m0/s1. The molecule has 0 spiro atoms. The highest BCUT2D eigenvalue weighted by molar-refractivity contribution is 6.16. The van der Waals surface area contributed by atoms with Crippen molar-refractivity contribution in [2.24, 2.45) is 5.73 Å². The van der Waals surface area contributed by atoms with Crippen molar-refractivity contribution in [1.82, 2.24) is 0 Å². The van der Waals surface area contributed by atoms with Crippen molar-refractivity contribution in [3.05, 3.63) is 57.7 Å². The number of fused-ring (bicyclic) bond motifs is 3. The van der Waals surface area contributed by atoms with Crippen molar-refractivity contribution in [3.8, 4) is 17.2 Å². The number of hydrogen-bond donors (Lipinski definition) is 7. The highest BCUT2D eigenvalue weighted by Gasteiger charge is 2.50. The highest BCUT2D eigenvalue weighted by Crippen LogP contribution is 2.54. The third-order valence-electron chi connectivity index (χ3n) is 7.82. The van der Waals surface area contributed by atoms with E-state index in [1.807, 2.05) is 0 Å². The molecule has 5 rings (SSSR count). The lowest BCUT2D eigenvalue weighted by molar-refractivity contribution is -0.247. The Kier molecular flexibility index (Phi) is 6.92. The molecule has 12 nitrogen and oxygen atoms in total. The number of Topliss-reactive ketones (excluding diaryl/α,β-unsaturated/α-hetero) is 1. The Bertz CT molecular complexity index is 1330. The van der Waals surface area contributed by atoms with E-state index in [0.29, 0.717) is 0 Å². The number of ketones is 2. The molecule has 0 aromatic heterocycles. The maximum absolute atomic E-state index is 13.5. The van der Waals surface area contributed by atoms with E-state index in [4.69, 9.17) is 19.9 Å². The van der Waals surface area contributed by atoms with Gasteiger partial charge in [-0.15, -0.1) is 0 Å². The van der Waals surface area contributed by atoms with E-state index >= 15 is 0 Å². The number of hydrogen-bond acceptors (Lipinski definition) is 12. The van der Waals surface area contributed by atoms with Crippen LogP contribution in [0, 0.1) is 6.10 Å². The molecule has 0 amide bonds. The molecule has 209 valence electrons. The topological polar surface area (TPSA) is 209 Å². The Morgan fingerprint density at radius 3 is 2.54 bits per heavy atom. The fourth-order valence-corrected chi connectivity index (χ4v) is 5.77. The van der Waals surface area contributed by atoms with E-state index in [0.717, 1.165) is 0 Å². The maximum Gasteiger partial charge on any atom is 0.197 e. The lowest BCUT2D eigenvalue weighted by Gasteiger charge is -2.42. The summed E-state index contributed by atoms with van der Waals surface area (Å²) in [5.74, 6) is -2.79. The number of methoxy groups -OCH3 is 1. The molecule has 1 aliphatic heterocycles. The first kappa shape index (κ1) is 27.5. The number of nitrogens with two attached hydrogens (primary N) is 1. The minimum Gasteiger partial charge on any atom is -0.507 e. The van der Waals surface area contributed by atoms with E-state index in [-0.39, 0.29) is 40.0 Å². The van der Waals surface area contributed by atoms with Crippen LogP contribution in [0.3, 0.4) is 0 Å². The Morgan fingerprint density at radius 1 is 1.18 bits per heavy atom. The summed E-state index contributed by atoms with van der Waals surface area (Å²) in [7, 11) is 1.35. The molecular weight excluding hydrogens is 514 g/mol. The molecule has 2 aromatic carbocycles. The summed E-state index contributed by atoms with van der Waals surface area (Å²) in [4.78, 5) is 26.1. The molecule has 0 saturated carbocycles. The maximum atomic E-state index is 13.5. The largest absolute Gasteiger partial charge is 0.507 e. The van der Waals surface area contributed by atoms with E-state index in [2.05, 4.69) is 0 Å². The molecule has 2 aliphatic carbocycles. The van der Waals surface area contributed by atoms with Gasteiger partial charge in [0.1, 0.15) is 29.5 Å². The Balaban J connectivity index is 1.68. The molecule has 6 atom stereocenters. The van der Waals surface area contributed by atoms with Crippen LogP contribution < -0.4 is 10.5 Å². The predicted octanol–water partition coefficient (Wildman–Crippen LogP) is 0.0712. The van der Waals surface area contributed by atoms with Gasteiger partial charge in [-0.3, -0.25) is 9.59 Å². The molecule has 1 fully saturated rings. The van der Waals surface area contributed by atoms with Crippen LogP contribution in [0.25, 0.3) is 0 Å². The van der Waals surface area contributed by atoms with Crippen molar-refractivity contribution in [3.63, 3.8) is 0 Å². The molecule has 39 heavy (non-hydrogen) atoms. The second-order valence-corrected chi connectivity index (χ2v) is 10.2. The summed E-state index contributed by atoms with van der Waals surface area (Å²) in [6.45, 7) is 0.578. The minimum absolute atomic E-state index is 0.0106. The predicted molar refractivity (Wildman–Crippen MR) is 132 cm³/mol. The van der Waals surface area contributed by atoms with E-state index in [1.54, 1.807) is 6.92 Å². The van der Waals surface area contributed by atoms with Crippen LogP contribution in [-0.2, 0) is 20.7 Å². The van der Waals surface area contributed by atoms with Crippen LogP contribution in [0.5, 0.6) is 17.2 Å². The SMILES string of the molecule is COc1cccc2c1[C](O)c1c(O)c3c(c(O)c1C2=O)C[C@@](O)(C(=O)CO)C[C@@H]3O[C@H]1C[C@H](N)[C@H](O)[C@H](C)O1. The number of aromatic hydroxyl groups is 2. The number of aliphatic hydroxyl groups excluding tert-OH is 3. The van der Waals surface area contributed by atoms with Gasteiger partial charge in [0.25, 0.3) is 0 Å². The number of phenolic OH excluding ortho intramolecular Hbond substituents is 2. The Labute approximate surface area is 223 Å². The van der Waals surface area contributed by atoms with Gasteiger partial charge in [0.2, 0.25) is 0 Å². The van der Waals surface area contributed by atoms with Crippen molar-refractivity contribution in [2.75, 3.05) is 13.7 Å². The molecule has 3 aliphatic rings. The zero-order valence-corrected chi connectivity index (χ0v) is 21.2. The zero-order chi connectivity index (χ0) is 28.4. The average Bonchev–Trinajstić information content (AvgIpc) is 2.90. The summed E-state index contributed by atoms with van der Waals surface area (Å²) in [5.41, 5.74) is 2.81. The molecule has 0 bridgehead atoms. The molecular formula is C27H30NO11. The Morgan fingerprint density at radius 2 is 1.90 bits per heavy atom. The number of rotatable bonds is 5. The number of benzene rings is 2. The first-order valence-corrected chi connectivity index (χ1v) is 12.4. The second kappa shape index (κ2) is 9.82. The molecule has 0 unspecified atom stereocenters. The van der Waals surface area contributed by atoms with Crippen LogP contribution in [0.1, 0.15) is 64.0 Å². The van der Waals surface area contributed by atoms with Crippen molar-refractivity contribution >= 4 is 11.6 Å². The summed E-state index contributed by atoms with van der Waals surface area (Å²) >= 11 is 0. The number of carbonyl (C=O) groups is 2. The lowest BCUT2D eigenvalue weighted by atomic mass is 9.71. The first-order valence-electron chi connectivity index (χ1n) is 12.4. The number of aliphatic hydroxyl groups is 4. The fourth-order valence-electron chi connectivity index (χ4n) is 5.77. The van der Waals surface area contributed by atoms with Gasteiger partial charge in [-0.1, -0.05) is 12.1 Å². The van der Waals surface area contributed by atoms with Gasteiger partial charge in [0, 0.05) is 53.1 Å². The van der Waals surface area contributed by atoms with Crippen molar-refractivity contribution in [1.29, 1.82) is 0 Å². The monoisotopic (exact) mass is 544 g/mol.